The molecule has 0 radical (unpaired) electrons. The zero-order valence-corrected chi connectivity index (χ0v) is 10.3. The van der Waals surface area contributed by atoms with E-state index in [4.69, 9.17) is 5.11 Å². The highest BCUT2D eigenvalue weighted by Crippen LogP contribution is 2.22. The Morgan fingerprint density at radius 2 is 2.00 bits per heavy atom. The van der Waals surface area contributed by atoms with Crippen LogP contribution in [0.25, 0.3) is 0 Å². The first-order chi connectivity index (χ1) is 7.43. The molecule has 2 N–H and O–H groups in total. The quantitative estimate of drug-likeness (QED) is 0.746. The van der Waals surface area contributed by atoms with Crippen molar-refractivity contribution in [3.8, 4) is 0 Å². The van der Waals surface area contributed by atoms with Crippen molar-refractivity contribution in [2.75, 3.05) is 19.6 Å². The topological polar surface area (TPSA) is 60.8 Å². The van der Waals surface area contributed by atoms with Crippen molar-refractivity contribution in [2.24, 2.45) is 5.92 Å². The third-order valence-corrected chi connectivity index (χ3v) is 3.50. The Labute approximate surface area is 97.3 Å². The average Bonchev–Trinajstić information content (AvgIpc) is 2.20. The van der Waals surface area contributed by atoms with Crippen LogP contribution in [0.2, 0.25) is 0 Å². The summed E-state index contributed by atoms with van der Waals surface area (Å²) in [6.07, 6.45) is 2.91. The van der Waals surface area contributed by atoms with E-state index in [1.165, 1.54) is 0 Å². The Bertz CT molecular complexity index is 232. The first-order valence-electron chi connectivity index (χ1n) is 6.09. The minimum absolute atomic E-state index is 0.290. The smallest absolute Gasteiger partial charge is 0.303 e. The van der Waals surface area contributed by atoms with Crippen LogP contribution in [0.5, 0.6) is 0 Å². The normalized spacial score (nSPS) is 22.9. The monoisotopic (exact) mass is 229 g/mol. The van der Waals surface area contributed by atoms with Crippen molar-refractivity contribution in [1.29, 1.82) is 0 Å². The van der Waals surface area contributed by atoms with Crippen molar-refractivity contribution in [2.45, 2.75) is 45.1 Å². The van der Waals surface area contributed by atoms with Crippen LogP contribution in [0.3, 0.4) is 0 Å². The van der Waals surface area contributed by atoms with E-state index < -0.39 is 11.6 Å². The lowest BCUT2D eigenvalue weighted by molar-refractivity contribution is -0.138. The lowest BCUT2D eigenvalue weighted by Crippen LogP contribution is -2.44. The summed E-state index contributed by atoms with van der Waals surface area (Å²) >= 11 is 0. The molecule has 0 saturated carbocycles. The van der Waals surface area contributed by atoms with E-state index >= 15 is 0 Å². The Hall–Kier alpha value is -0.610. The average molecular weight is 229 g/mol. The third-order valence-electron chi connectivity index (χ3n) is 3.50. The van der Waals surface area contributed by atoms with Gasteiger partial charge < -0.3 is 15.1 Å². The molecule has 16 heavy (non-hydrogen) atoms. The zero-order valence-electron chi connectivity index (χ0n) is 10.3. The van der Waals surface area contributed by atoms with Gasteiger partial charge in [0.1, 0.15) is 0 Å². The molecule has 1 aliphatic heterocycles. The van der Waals surface area contributed by atoms with Gasteiger partial charge >= 0.3 is 5.97 Å². The number of carboxylic acids is 1. The SMILES string of the molecule is CCC(C)(O)CN1CCC(CC(=O)O)CC1. The van der Waals surface area contributed by atoms with E-state index in [1.807, 2.05) is 13.8 Å². The van der Waals surface area contributed by atoms with Gasteiger partial charge in [-0.2, -0.15) is 0 Å². The minimum Gasteiger partial charge on any atom is -0.481 e. The molecular formula is C12H23NO3. The van der Waals surface area contributed by atoms with E-state index in [2.05, 4.69) is 4.90 Å². The van der Waals surface area contributed by atoms with Crippen molar-refractivity contribution in [1.82, 2.24) is 4.90 Å². The lowest BCUT2D eigenvalue weighted by atomic mass is 9.92. The minimum atomic E-state index is -0.695. The molecular weight excluding hydrogens is 206 g/mol. The van der Waals surface area contributed by atoms with E-state index in [9.17, 15) is 9.90 Å². The molecule has 0 aromatic rings. The van der Waals surface area contributed by atoms with Crippen molar-refractivity contribution in [3.63, 3.8) is 0 Å². The van der Waals surface area contributed by atoms with E-state index in [0.717, 1.165) is 32.4 Å². The van der Waals surface area contributed by atoms with Crippen LogP contribution in [-0.2, 0) is 4.79 Å². The Balaban J connectivity index is 2.29. The van der Waals surface area contributed by atoms with Crippen LogP contribution in [0.15, 0.2) is 0 Å². The number of aliphatic carboxylic acids is 1. The fourth-order valence-corrected chi connectivity index (χ4v) is 2.19. The van der Waals surface area contributed by atoms with Crippen LogP contribution in [-0.4, -0.2) is 46.3 Å². The largest absolute Gasteiger partial charge is 0.481 e. The molecule has 1 fully saturated rings. The molecule has 0 bridgehead atoms. The second-order valence-corrected chi connectivity index (χ2v) is 5.17. The van der Waals surface area contributed by atoms with Crippen LogP contribution in [0.4, 0.5) is 0 Å². The maximum atomic E-state index is 10.6. The molecule has 1 saturated heterocycles. The second kappa shape index (κ2) is 5.64. The zero-order chi connectivity index (χ0) is 12.2. The second-order valence-electron chi connectivity index (χ2n) is 5.17. The number of β-amino-alcohol motifs (C(OH)–C–C–N with tert-alkyl or cyclic N) is 1. The number of carboxylic acid groups (broad SMARTS) is 1. The highest BCUT2D eigenvalue weighted by molar-refractivity contribution is 5.67. The van der Waals surface area contributed by atoms with Crippen LogP contribution in [0.1, 0.15) is 39.5 Å². The maximum absolute atomic E-state index is 10.6. The lowest BCUT2D eigenvalue weighted by Gasteiger charge is -2.35. The van der Waals surface area contributed by atoms with Crippen LogP contribution >= 0.6 is 0 Å². The van der Waals surface area contributed by atoms with Gasteiger partial charge in [0.05, 0.1) is 5.60 Å². The summed E-state index contributed by atoms with van der Waals surface area (Å²) in [7, 11) is 0. The fraction of sp³-hybridized carbons (Fsp3) is 0.917. The van der Waals surface area contributed by atoms with Gasteiger partial charge in [0, 0.05) is 13.0 Å². The molecule has 1 unspecified atom stereocenters. The molecule has 1 rings (SSSR count). The molecule has 0 spiro atoms. The molecule has 94 valence electrons. The molecule has 0 aliphatic carbocycles. The van der Waals surface area contributed by atoms with Crippen molar-refractivity contribution < 1.29 is 15.0 Å². The molecule has 0 aromatic carbocycles. The molecule has 0 amide bonds. The number of hydrogen-bond donors (Lipinski definition) is 2. The summed E-state index contributed by atoms with van der Waals surface area (Å²) in [6.45, 7) is 6.36. The van der Waals surface area contributed by atoms with Crippen molar-refractivity contribution >= 4 is 5.97 Å². The molecule has 1 aliphatic rings. The summed E-state index contributed by atoms with van der Waals surface area (Å²) < 4.78 is 0. The summed E-state index contributed by atoms with van der Waals surface area (Å²) in [5, 5.41) is 18.7. The third kappa shape index (κ3) is 4.49. The predicted octanol–water partition coefficient (Wildman–Crippen LogP) is 1.33. The van der Waals surface area contributed by atoms with Crippen molar-refractivity contribution in [3.05, 3.63) is 0 Å². The van der Waals surface area contributed by atoms with E-state index in [1.54, 1.807) is 0 Å². The molecule has 0 aromatic heterocycles. The number of likely N-dealkylation sites (tertiary alicyclic amines) is 1. The van der Waals surface area contributed by atoms with Gasteiger partial charge in [-0.15, -0.1) is 0 Å². The number of piperidine rings is 1. The molecule has 4 nitrogen and oxygen atoms in total. The highest BCUT2D eigenvalue weighted by atomic mass is 16.4. The van der Waals surface area contributed by atoms with Gasteiger partial charge in [-0.3, -0.25) is 4.79 Å². The van der Waals surface area contributed by atoms with Gasteiger partial charge in [-0.25, -0.2) is 0 Å². The summed E-state index contributed by atoms with van der Waals surface area (Å²) in [5.41, 5.74) is -0.611. The number of carbonyl (C=O) groups is 1. The summed E-state index contributed by atoms with van der Waals surface area (Å²) in [4.78, 5) is 12.8. The number of hydrogen-bond acceptors (Lipinski definition) is 3. The number of aliphatic hydroxyl groups is 1. The van der Waals surface area contributed by atoms with Gasteiger partial charge in [0.2, 0.25) is 0 Å². The van der Waals surface area contributed by atoms with Crippen LogP contribution < -0.4 is 0 Å². The Morgan fingerprint density at radius 3 is 2.44 bits per heavy atom. The predicted molar refractivity (Wildman–Crippen MR) is 62.3 cm³/mol. The van der Waals surface area contributed by atoms with Gasteiger partial charge in [-0.05, 0) is 45.2 Å². The first-order valence-corrected chi connectivity index (χ1v) is 6.09. The Kier molecular flexibility index (Phi) is 4.74. The highest BCUT2D eigenvalue weighted by Gasteiger charge is 2.26. The standard InChI is InChI=1S/C12H23NO3/c1-3-12(2,16)9-13-6-4-10(5-7-13)8-11(14)15/h10,16H,3-9H2,1-2H3,(H,14,15). The fourth-order valence-electron chi connectivity index (χ4n) is 2.19. The van der Waals surface area contributed by atoms with E-state index in [0.29, 0.717) is 12.5 Å². The Morgan fingerprint density at radius 1 is 1.44 bits per heavy atom. The number of rotatable bonds is 5. The van der Waals surface area contributed by atoms with Gasteiger partial charge in [0.25, 0.3) is 0 Å². The van der Waals surface area contributed by atoms with Gasteiger partial charge in [0.15, 0.2) is 0 Å². The molecule has 4 heteroatoms. The number of nitrogens with zero attached hydrogens (tertiary/aromatic N) is 1. The van der Waals surface area contributed by atoms with E-state index in [-0.39, 0.29) is 6.42 Å². The summed E-state index contributed by atoms with van der Waals surface area (Å²) in [5.74, 6) is -0.376. The van der Waals surface area contributed by atoms with Crippen LogP contribution in [0, 0.1) is 5.92 Å². The first kappa shape index (κ1) is 13.5. The summed E-state index contributed by atoms with van der Waals surface area (Å²) in [6, 6.07) is 0. The maximum Gasteiger partial charge on any atom is 0.303 e. The molecule has 1 heterocycles. The van der Waals surface area contributed by atoms with Gasteiger partial charge in [-0.1, -0.05) is 6.92 Å². The molecule has 1 atom stereocenters.